The summed E-state index contributed by atoms with van der Waals surface area (Å²) in [6.45, 7) is 3.68. The van der Waals surface area contributed by atoms with Gasteiger partial charge in [0.1, 0.15) is 17.6 Å². The number of nitro benzene ring substituents is 1. The first-order valence-electron chi connectivity index (χ1n) is 10.9. The number of thiophene rings is 1. The highest BCUT2D eigenvalue weighted by atomic mass is 32.1. The summed E-state index contributed by atoms with van der Waals surface area (Å²) in [5, 5.41) is 13.0. The molecule has 0 aliphatic carbocycles. The number of allylic oxidation sites excluding steroid dienone is 1. The molecule has 1 aliphatic rings. The van der Waals surface area contributed by atoms with E-state index in [2.05, 4.69) is 4.99 Å². The number of nitro groups is 1. The topological polar surface area (TPSA) is 117 Å². The molecule has 0 saturated carbocycles. The SMILES string of the molecule is CCOC(=O)C1=C(C)N=c2s/c(=C/c3ccc(-c4cccc([N+](=O)[O-])c4)o3)c(=O)n2[C@@H]1c1cccs1. The fourth-order valence-electron chi connectivity index (χ4n) is 4.00. The molecular formula is C25H19N3O6S2. The van der Waals surface area contributed by atoms with Gasteiger partial charge in [-0.05, 0) is 37.4 Å². The lowest BCUT2D eigenvalue weighted by Gasteiger charge is -2.23. The van der Waals surface area contributed by atoms with Gasteiger partial charge in [-0.2, -0.15) is 0 Å². The summed E-state index contributed by atoms with van der Waals surface area (Å²) in [6.07, 6.45) is 1.61. The fraction of sp³-hybridized carbons (Fsp3) is 0.160. The van der Waals surface area contributed by atoms with Crippen LogP contribution >= 0.6 is 22.7 Å². The Hall–Kier alpha value is -4.09. The van der Waals surface area contributed by atoms with Crippen LogP contribution in [-0.4, -0.2) is 22.1 Å². The smallest absolute Gasteiger partial charge is 0.338 e. The van der Waals surface area contributed by atoms with Crippen LogP contribution in [0.15, 0.2) is 79.4 Å². The van der Waals surface area contributed by atoms with Crippen molar-refractivity contribution in [2.75, 3.05) is 6.61 Å². The van der Waals surface area contributed by atoms with Crippen LogP contribution < -0.4 is 14.9 Å². The van der Waals surface area contributed by atoms with Crippen LogP contribution in [0.5, 0.6) is 0 Å². The molecule has 182 valence electrons. The number of fused-ring (bicyclic) bond motifs is 1. The van der Waals surface area contributed by atoms with Gasteiger partial charge in [0.05, 0.1) is 27.3 Å². The maximum Gasteiger partial charge on any atom is 0.338 e. The minimum absolute atomic E-state index is 0.0416. The summed E-state index contributed by atoms with van der Waals surface area (Å²) in [5.74, 6) is 0.351. The predicted molar refractivity (Wildman–Crippen MR) is 136 cm³/mol. The first kappa shape index (κ1) is 23.6. The highest BCUT2D eigenvalue weighted by Gasteiger charge is 2.33. The standard InChI is InChI=1S/C25H19N3O6S2/c1-3-33-24(30)21-14(2)26-25-27(22(21)19-8-5-11-35-19)23(29)20(36-25)13-17-9-10-18(34-17)15-6-4-7-16(12-15)28(31)32/h4-13,22H,3H2,1-2H3/b20-13+/t22-/m1/s1. The maximum absolute atomic E-state index is 13.5. The van der Waals surface area contributed by atoms with Crippen LogP contribution in [0.1, 0.15) is 30.5 Å². The van der Waals surface area contributed by atoms with Crippen LogP contribution in [-0.2, 0) is 9.53 Å². The van der Waals surface area contributed by atoms with E-state index in [1.165, 1.54) is 39.4 Å². The summed E-state index contributed by atoms with van der Waals surface area (Å²) in [4.78, 5) is 42.8. The van der Waals surface area contributed by atoms with E-state index in [0.717, 1.165) is 4.88 Å². The molecule has 4 aromatic rings. The van der Waals surface area contributed by atoms with Gasteiger partial charge in [-0.25, -0.2) is 9.79 Å². The lowest BCUT2D eigenvalue weighted by atomic mass is 10.0. The van der Waals surface area contributed by atoms with Crippen molar-refractivity contribution >= 4 is 40.4 Å². The van der Waals surface area contributed by atoms with Crippen LogP contribution in [0.2, 0.25) is 0 Å². The number of rotatable bonds is 6. The molecule has 5 rings (SSSR count). The van der Waals surface area contributed by atoms with Gasteiger partial charge in [0, 0.05) is 28.6 Å². The molecule has 4 heterocycles. The third-order valence-electron chi connectivity index (χ3n) is 5.57. The molecule has 11 heteroatoms. The first-order valence-corrected chi connectivity index (χ1v) is 12.6. The minimum Gasteiger partial charge on any atom is -0.463 e. The van der Waals surface area contributed by atoms with E-state index in [-0.39, 0.29) is 17.9 Å². The van der Waals surface area contributed by atoms with E-state index in [1.807, 2.05) is 17.5 Å². The third kappa shape index (κ3) is 4.23. The van der Waals surface area contributed by atoms with Gasteiger partial charge in [0.15, 0.2) is 4.80 Å². The zero-order valence-electron chi connectivity index (χ0n) is 19.2. The summed E-state index contributed by atoms with van der Waals surface area (Å²) in [6, 6.07) is 12.6. The van der Waals surface area contributed by atoms with Gasteiger partial charge in [0.25, 0.3) is 11.2 Å². The molecular weight excluding hydrogens is 502 g/mol. The van der Waals surface area contributed by atoms with Crippen molar-refractivity contribution < 1.29 is 18.9 Å². The van der Waals surface area contributed by atoms with E-state index in [4.69, 9.17) is 9.15 Å². The van der Waals surface area contributed by atoms with E-state index in [0.29, 0.717) is 37.7 Å². The summed E-state index contributed by atoms with van der Waals surface area (Å²) in [5.41, 5.74) is 1.05. The van der Waals surface area contributed by atoms with Gasteiger partial charge in [0.2, 0.25) is 0 Å². The lowest BCUT2D eigenvalue weighted by Crippen LogP contribution is -2.39. The number of thiazole rings is 1. The molecule has 9 nitrogen and oxygen atoms in total. The number of esters is 1. The molecule has 0 spiro atoms. The second-order valence-corrected chi connectivity index (χ2v) is 9.82. The van der Waals surface area contributed by atoms with E-state index in [9.17, 15) is 19.7 Å². The molecule has 1 aliphatic heterocycles. The zero-order valence-corrected chi connectivity index (χ0v) is 20.8. The molecule has 36 heavy (non-hydrogen) atoms. The number of aromatic nitrogens is 1. The number of furan rings is 1. The van der Waals surface area contributed by atoms with Crippen LogP contribution in [0.3, 0.4) is 0 Å². The van der Waals surface area contributed by atoms with E-state index in [1.54, 1.807) is 44.2 Å². The van der Waals surface area contributed by atoms with E-state index < -0.39 is 16.9 Å². The number of hydrogen-bond acceptors (Lipinski definition) is 9. The maximum atomic E-state index is 13.5. The Morgan fingerprint density at radius 3 is 2.83 bits per heavy atom. The second kappa shape index (κ2) is 9.51. The Kier molecular flexibility index (Phi) is 6.25. The molecule has 0 amide bonds. The van der Waals surface area contributed by atoms with Gasteiger partial charge in [-0.3, -0.25) is 19.5 Å². The molecule has 0 unspecified atom stereocenters. The molecule has 1 aromatic carbocycles. The number of ether oxygens (including phenoxy) is 1. The van der Waals surface area contributed by atoms with Crippen molar-refractivity contribution in [1.82, 2.24) is 4.57 Å². The number of hydrogen-bond donors (Lipinski definition) is 0. The Bertz CT molecular complexity index is 1690. The van der Waals surface area contributed by atoms with Gasteiger partial charge >= 0.3 is 5.97 Å². The van der Waals surface area contributed by atoms with Crippen molar-refractivity contribution in [2.45, 2.75) is 19.9 Å². The van der Waals surface area contributed by atoms with Crippen LogP contribution in [0.4, 0.5) is 5.69 Å². The number of carbonyl (C=O) groups excluding carboxylic acids is 1. The molecule has 0 saturated heterocycles. The lowest BCUT2D eigenvalue weighted by molar-refractivity contribution is -0.384. The van der Waals surface area contributed by atoms with Gasteiger partial charge < -0.3 is 9.15 Å². The predicted octanol–water partition coefficient (Wildman–Crippen LogP) is 4.03. The summed E-state index contributed by atoms with van der Waals surface area (Å²) >= 11 is 2.64. The quantitative estimate of drug-likeness (QED) is 0.215. The van der Waals surface area contributed by atoms with Gasteiger partial charge in [-0.1, -0.05) is 29.5 Å². The van der Waals surface area contributed by atoms with Crippen LogP contribution in [0, 0.1) is 10.1 Å². The largest absolute Gasteiger partial charge is 0.463 e. The average molecular weight is 522 g/mol. The highest BCUT2D eigenvalue weighted by Crippen LogP contribution is 2.33. The number of benzene rings is 1. The average Bonchev–Trinajstić information content (AvgIpc) is 3.60. The van der Waals surface area contributed by atoms with Gasteiger partial charge in [-0.15, -0.1) is 11.3 Å². The van der Waals surface area contributed by atoms with E-state index >= 15 is 0 Å². The summed E-state index contributed by atoms with van der Waals surface area (Å²) < 4.78 is 13.1. The normalized spacial score (nSPS) is 15.5. The van der Waals surface area contributed by atoms with Crippen molar-refractivity contribution in [2.24, 2.45) is 4.99 Å². The fourth-order valence-corrected chi connectivity index (χ4v) is 5.85. The zero-order chi connectivity index (χ0) is 25.4. The molecule has 0 fully saturated rings. The molecule has 0 N–H and O–H groups in total. The Labute approximate surface area is 212 Å². The minimum atomic E-state index is -0.639. The Morgan fingerprint density at radius 1 is 1.28 bits per heavy atom. The number of non-ortho nitro benzene ring substituents is 1. The number of nitrogens with zero attached hydrogens (tertiary/aromatic N) is 3. The molecule has 0 radical (unpaired) electrons. The molecule has 0 bridgehead atoms. The Morgan fingerprint density at radius 2 is 2.11 bits per heavy atom. The molecule has 1 atom stereocenters. The van der Waals surface area contributed by atoms with Crippen molar-refractivity contribution in [3.05, 3.63) is 106 Å². The third-order valence-corrected chi connectivity index (χ3v) is 7.48. The van der Waals surface area contributed by atoms with Crippen molar-refractivity contribution in [3.63, 3.8) is 0 Å². The van der Waals surface area contributed by atoms with Crippen molar-refractivity contribution in [3.8, 4) is 11.3 Å². The van der Waals surface area contributed by atoms with Crippen LogP contribution in [0.25, 0.3) is 17.4 Å². The highest BCUT2D eigenvalue weighted by molar-refractivity contribution is 7.10. The second-order valence-electron chi connectivity index (χ2n) is 7.83. The molecule has 3 aromatic heterocycles. The summed E-state index contributed by atoms with van der Waals surface area (Å²) in [7, 11) is 0. The number of carbonyl (C=O) groups is 1. The first-order chi connectivity index (χ1) is 17.4. The van der Waals surface area contributed by atoms with Crippen molar-refractivity contribution in [1.29, 1.82) is 0 Å². The Balaban J connectivity index is 1.60. The monoisotopic (exact) mass is 521 g/mol.